The lowest BCUT2D eigenvalue weighted by Crippen LogP contribution is -2.56. The predicted molar refractivity (Wildman–Crippen MR) is 139 cm³/mol. The Balaban J connectivity index is 1.33. The highest BCUT2D eigenvalue weighted by atomic mass is 16.2. The van der Waals surface area contributed by atoms with Gasteiger partial charge in [0.2, 0.25) is 17.8 Å². The van der Waals surface area contributed by atoms with Crippen LogP contribution in [0, 0.1) is 0 Å². The Morgan fingerprint density at radius 2 is 1.92 bits per heavy atom. The molecule has 0 atom stereocenters. The van der Waals surface area contributed by atoms with Gasteiger partial charge in [-0.25, -0.2) is 15.0 Å². The number of carbonyl (C=O) groups is 2. The molecule has 1 saturated heterocycles. The van der Waals surface area contributed by atoms with Gasteiger partial charge in [-0.3, -0.25) is 14.6 Å². The SMILES string of the molecule is C=CC(=O)Nc1cccc(-c2nccc3cnc(Nc4ccc(NC5CN(C(C)=O)C5)nc4)nc23)c1. The molecule has 10 heteroatoms. The highest BCUT2D eigenvalue weighted by Gasteiger charge is 2.28. The molecule has 4 aromatic rings. The molecule has 0 spiro atoms. The summed E-state index contributed by atoms with van der Waals surface area (Å²) in [5.74, 6) is 0.948. The normalized spacial score (nSPS) is 13.1. The lowest BCUT2D eigenvalue weighted by Gasteiger charge is -2.39. The van der Waals surface area contributed by atoms with E-state index in [1.807, 2.05) is 36.4 Å². The zero-order valence-corrected chi connectivity index (χ0v) is 19.6. The number of benzene rings is 1. The van der Waals surface area contributed by atoms with E-state index in [0.717, 1.165) is 22.5 Å². The molecular formula is C26H24N8O2. The highest BCUT2D eigenvalue weighted by Crippen LogP contribution is 2.28. The van der Waals surface area contributed by atoms with Crippen LogP contribution in [0.15, 0.2) is 73.7 Å². The molecule has 180 valence electrons. The lowest BCUT2D eigenvalue weighted by atomic mass is 10.1. The van der Waals surface area contributed by atoms with Crippen LogP contribution in [0.4, 0.5) is 23.1 Å². The van der Waals surface area contributed by atoms with Crippen molar-refractivity contribution in [1.82, 2.24) is 24.8 Å². The Labute approximate surface area is 207 Å². The van der Waals surface area contributed by atoms with Crippen molar-refractivity contribution in [3.8, 4) is 11.3 Å². The smallest absolute Gasteiger partial charge is 0.247 e. The quantitative estimate of drug-likeness (QED) is 0.343. The Morgan fingerprint density at radius 1 is 1.06 bits per heavy atom. The number of nitrogens with one attached hydrogen (secondary N) is 3. The molecule has 1 aliphatic heterocycles. The number of anilines is 4. The second kappa shape index (κ2) is 9.79. The molecule has 3 aromatic heterocycles. The fourth-order valence-corrected chi connectivity index (χ4v) is 3.88. The molecule has 0 saturated carbocycles. The monoisotopic (exact) mass is 480 g/mol. The number of fused-ring (bicyclic) bond motifs is 1. The Hall–Kier alpha value is -4.86. The van der Waals surface area contributed by atoms with Crippen molar-refractivity contribution in [3.63, 3.8) is 0 Å². The van der Waals surface area contributed by atoms with Gasteiger partial charge in [0.25, 0.3) is 0 Å². The molecule has 4 heterocycles. The first-order valence-electron chi connectivity index (χ1n) is 11.4. The number of hydrogen-bond acceptors (Lipinski definition) is 8. The van der Waals surface area contributed by atoms with E-state index in [1.54, 1.807) is 36.5 Å². The second-order valence-corrected chi connectivity index (χ2v) is 8.39. The number of rotatable bonds is 7. The van der Waals surface area contributed by atoms with Crippen LogP contribution in [0.1, 0.15) is 6.92 Å². The molecule has 36 heavy (non-hydrogen) atoms. The van der Waals surface area contributed by atoms with Gasteiger partial charge in [-0.2, -0.15) is 0 Å². The molecule has 5 rings (SSSR count). The Morgan fingerprint density at radius 3 is 2.67 bits per heavy atom. The maximum Gasteiger partial charge on any atom is 0.247 e. The minimum absolute atomic E-state index is 0.0847. The summed E-state index contributed by atoms with van der Waals surface area (Å²) in [7, 11) is 0. The van der Waals surface area contributed by atoms with Crippen LogP contribution in [0.3, 0.4) is 0 Å². The standard InChI is InChI=1S/C26H24N8O2/c1-3-23(36)31-19-6-4-5-17(11-19)24-25-18(9-10-27-24)12-29-26(33-25)32-20-7-8-22(28-13-20)30-21-14-34(15-21)16(2)35/h3-13,21H,1,14-15H2,2H3,(H,28,30)(H,31,36)(H,29,32,33). The summed E-state index contributed by atoms with van der Waals surface area (Å²) in [5, 5.41) is 10.1. The molecule has 0 radical (unpaired) electrons. The van der Waals surface area contributed by atoms with E-state index in [1.165, 1.54) is 6.08 Å². The molecule has 0 bridgehead atoms. The van der Waals surface area contributed by atoms with Crippen LogP contribution < -0.4 is 16.0 Å². The molecule has 1 aliphatic rings. The van der Waals surface area contributed by atoms with Crippen molar-refractivity contribution >= 4 is 45.9 Å². The van der Waals surface area contributed by atoms with Crippen LogP contribution in [-0.2, 0) is 9.59 Å². The third-order valence-corrected chi connectivity index (χ3v) is 5.79. The summed E-state index contributed by atoms with van der Waals surface area (Å²) in [6.45, 7) is 6.42. The minimum atomic E-state index is -0.285. The van der Waals surface area contributed by atoms with Crippen molar-refractivity contribution in [1.29, 1.82) is 0 Å². The third-order valence-electron chi connectivity index (χ3n) is 5.79. The van der Waals surface area contributed by atoms with Gasteiger partial charge in [0.05, 0.1) is 23.6 Å². The van der Waals surface area contributed by atoms with Gasteiger partial charge in [0, 0.05) is 49.0 Å². The number of hydrogen-bond donors (Lipinski definition) is 3. The molecule has 1 fully saturated rings. The first-order chi connectivity index (χ1) is 17.5. The number of amides is 2. The summed E-state index contributed by atoms with van der Waals surface area (Å²) in [6, 6.07) is 13.2. The summed E-state index contributed by atoms with van der Waals surface area (Å²) in [5.41, 5.74) is 3.53. The van der Waals surface area contributed by atoms with Gasteiger partial charge in [-0.1, -0.05) is 18.7 Å². The fraction of sp³-hybridized carbons (Fsp3) is 0.154. The molecule has 0 aliphatic carbocycles. The van der Waals surface area contributed by atoms with Crippen LogP contribution >= 0.6 is 0 Å². The first-order valence-corrected chi connectivity index (χ1v) is 11.4. The average Bonchev–Trinajstić information content (AvgIpc) is 2.86. The second-order valence-electron chi connectivity index (χ2n) is 8.39. The summed E-state index contributed by atoms with van der Waals surface area (Å²) >= 11 is 0. The zero-order valence-electron chi connectivity index (χ0n) is 19.6. The van der Waals surface area contributed by atoms with Crippen molar-refractivity contribution < 1.29 is 9.59 Å². The molecule has 3 N–H and O–H groups in total. The van der Waals surface area contributed by atoms with E-state index in [9.17, 15) is 9.59 Å². The van der Waals surface area contributed by atoms with E-state index in [2.05, 4.69) is 37.5 Å². The van der Waals surface area contributed by atoms with E-state index in [4.69, 9.17) is 4.98 Å². The molecule has 2 amide bonds. The van der Waals surface area contributed by atoms with Crippen molar-refractivity contribution in [2.24, 2.45) is 0 Å². The Bertz CT molecular complexity index is 1450. The first kappa shape index (κ1) is 22.9. The molecule has 1 aromatic carbocycles. The van der Waals surface area contributed by atoms with E-state index in [0.29, 0.717) is 35.9 Å². The van der Waals surface area contributed by atoms with Gasteiger partial charge in [-0.05, 0) is 36.4 Å². The maximum atomic E-state index is 11.7. The number of aromatic nitrogens is 4. The minimum Gasteiger partial charge on any atom is -0.364 e. The van der Waals surface area contributed by atoms with Crippen LogP contribution in [-0.4, -0.2) is 55.8 Å². The number of likely N-dealkylation sites (tertiary alicyclic amines) is 1. The third kappa shape index (κ3) is 4.97. The lowest BCUT2D eigenvalue weighted by molar-refractivity contribution is -0.132. The van der Waals surface area contributed by atoms with E-state index in [-0.39, 0.29) is 17.9 Å². The summed E-state index contributed by atoms with van der Waals surface area (Å²) in [4.78, 5) is 42.9. The van der Waals surface area contributed by atoms with Crippen LogP contribution in [0.5, 0.6) is 0 Å². The van der Waals surface area contributed by atoms with Crippen LogP contribution in [0.25, 0.3) is 22.2 Å². The molecular weight excluding hydrogens is 456 g/mol. The van der Waals surface area contributed by atoms with Crippen LogP contribution in [0.2, 0.25) is 0 Å². The number of carbonyl (C=O) groups excluding carboxylic acids is 2. The van der Waals surface area contributed by atoms with Gasteiger partial charge in [-0.15, -0.1) is 0 Å². The van der Waals surface area contributed by atoms with Gasteiger partial charge in [0.1, 0.15) is 11.3 Å². The largest absolute Gasteiger partial charge is 0.364 e. The van der Waals surface area contributed by atoms with Crippen molar-refractivity contribution in [3.05, 3.63) is 73.7 Å². The predicted octanol–water partition coefficient (Wildman–Crippen LogP) is 3.60. The Kier molecular flexibility index (Phi) is 6.23. The average molecular weight is 481 g/mol. The van der Waals surface area contributed by atoms with Gasteiger partial charge < -0.3 is 20.9 Å². The van der Waals surface area contributed by atoms with Gasteiger partial charge in [0.15, 0.2) is 0 Å². The van der Waals surface area contributed by atoms with Crippen molar-refractivity contribution in [2.75, 3.05) is 29.0 Å². The summed E-state index contributed by atoms with van der Waals surface area (Å²) in [6.07, 6.45) is 6.37. The number of nitrogens with zero attached hydrogens (tertiary/aromatic N) is 5. The van der Waals surface area contributed by atoms with E-state index >= 15 is 0 Å². The van der Waals surface area contributed by atoms with E-state index < -0.39 is 0 Å². The summed E-state index contributed by atoms with van der Waals surface area (Å²) < 4.78 is 0. The maximum absolute atomic E-state index is 11.7. The molecule has 0 unspecified atom stereocenters. The topological polar surface area (TPSA) is 125 Å². The highest BCUT2D eigenvalue weighted by molar-refractivity contribution is 5.99. The van der Waals surface area contributed by atoms with Crippen molar-refractivity contribution in [2.45, 2.75) is 13.0 Å². The molecule has 10 nitrogen and oxygen atoms in total. The van der Waals surface area contributed by atoms with Gasteiger partial charge >= 0.3 is 0 Å². The fourth-order valence-electron chi connectivity index (χ4n) is 3.88. The number of pyridine rings is 2. The zero-order chi connectivity index (χ0) is 25.1.